The smallest absolute Gasteiger partial charge is 0.221 e. The van der Waals surface area contributed by atoms with Gasteiger partial charge in [-0.25, -0.2) is 8.42 Å². The van der Waals surface area contributed by atoms with Gasteiger partial charge in [0.1, 0.15) is 10.6 Å². The Hall–Kier alpha value is -2.35. The van der Waals surface area contributed by atoms with Gasteiger partial charge in [-0.3, -0.25) is 4.79 Å². The number of aryl methyl sites for hydroxylation is 1. The van der Waals surface area contributed by atoms with Crippen LogP contribution < -0.4 is 10.1 Å². The molecule has 8 heteroatoms. The van der Waals surface area contributed by atoms with Gasteiger partial charge in [-0.1, -0.05) is 37.3 Å². The average molecular weight is 435 g/mol. The fraction of sp³-hybridized carbons (Fsp3) is 0.545. The Kier molecular flexibility index (Phi) is 7.53. The molecule has 1 aliphatic carbocycles. The van der Waals surface area contributed by atoms with Crippen LogP contribution in [0.4, 0.5) is 0 Å². The number of hydrogen-bond donors (Lipinski definition) is 1. The summed E-state index contributed by atoms with van der Waals surface area (Å²) in [6, 6.07) is 6.71. The molecule has 1 amide bonds. The van der Waals surface area contributed by atoms with Crippen LogP contribution in [0.3, 0.4) is 0 Å². The van der Waals surface area contributed by atoms with E-state index in [1.807, 2.05) is 0 Å². The topological polar surface area (TPSA) is 98.5 Å². The minimum Gasteiger partial charge on any atom is -0.495 e. The van der Waals surface area contributed by atoms with Gasteiger partial charge in [0.05, 0.1) is 18.6 Å². The monoisotopic (exact) mass is 434 g/mol. The van der Waals surface area contributed by atoms with E-state index in [9.17, 15) is 13.2 Å². The first-order chi connectivity index (χ1) is 14.4. The molecule has 0 saturated heterocycles. The van der Waals surface area contributed by atoms with Crippen LogP contribution in [-0.4, -0.2) is 38.4 Å². The average Bonchev–Trinajstić information content (AvgIpc) is 3.14. The zero-order valence-electron chi connectivity index (χ0n) is 17.6. The highest BCUT2D eigenvalue weighted by molar-refractivity contribution is 7.91. The molecule has 1 aromatic heterocycles. The van der Waals surface area contributed by atoms with E-state index in [2.05, 4.69) is 10.5 Å². The van der Waals surface area contributed by atoms with E-state index in [0.29, 0.717) is 17.0 Å². The van der Waals surface area contributed by atoms with Crippen LogP contribution in [0.1, 0.15) is 57.1 Å². The summed E-state index contributed by atoms with van der Waals surface area (Å²) in [6.45, 7) is 1.79. The zero-order valence-corrected chi connectivity index (χ0v) is 18.5. The molecule has 0 atom stereocenters. The predicted octanol–water partition coefficient (Wildman–Crippen LogP) is 4.05. The largest absolute Gasteiger partial charge is 0.495 e. The third-order valence-electron chi connectivity index (χ3n) is 5.48. The van der Waals surface area contributed by atoms with Crippen LogP contribution in [0.25, 0.3) is 11.3 Å². The number of sulfone groups is 1. The minimum absolute atomic E-state index is 0.0512. The van der Waals surface area contributed by atoms with E-state index in [4.69, 9.17) is 9.26 Å². The second kappa shape index (κ2) is 10.1. The number of carbonyl (C=O) groups excluding carboxylic acids is 1. The van der Waals surface area contributed by atoms with Crippen molar-refractivity contribution in [1.29, 1.82) is 0 Å². The first-order valence-corrected chi connectivity index (χ1v) is 12.2. The molecule has 0 aliphatic heterocycles. The van der Waals surface area contributed by atoms with Crippen molar-refractivity contribution in [2.45, 2.75) is 69.2 Å². The molecule has 1 saturated carbocycles. The van der Waals surface area contributed by atoms with Crippen LogP contribution in [-0.2, 0) is 14.6 Å². The summed E-state index contributed by atoms with van der Waals surface area (Å²) in [5.41, 5.74) is 1.30. The maximum atomic E-state index is 13.0. The minimum atomic E-state index is -3.72. The molecule has 0 radical (unpaired) electrons. The number of hydrogen-bond acceptors (Lipinski definition) is 6. The van der Waals surface area contributed by atoms with Gasteiger partial charge in [0, 0.05) is 24.1 Å². The molecular weight excluding hydrogens is 404 g/mol. The van der Waals surface area contributed by atoms with Crippen LogP contribution >= 0.6 is 0 Å². The first kappa shape index (κ1) is 22.3. The Balaban J connectivity index is 1.69. The van der Waals surface area contributed by atoms with Gasteiger partial charge in [-0.15, -0.1) is 0 Å². The number of benzene rings is 1. The fourth-order valence-electron chi connectivity index (χ4n) is 3.81. The molecule has 7 nitrogen and oxygen atoms in total. The quantitative estimate of drug-likeness (QED) is 0.706. The Labute approximate surface area is 178 Å². The lowest BCUT2D eigenvalue weighted by Gasteiger charge is -2.21. The molecule has 3 rings (SSSR count). The first-order valence-electron chi connectivity index (χ1n) is 10.5. The summed E-state index contributed by atoms with van der Waals surface area (Å²) >= 11 is 0. The van der Waals surface area contributed by atoms with Crippen LogP contribution in [0.15, 0.2) is 33.7 Å². The molecule has 1 N–H and O–H groups in total. The Morgan fingerprint density at radius 3 is 2.50 bits per heavy atom. The number of methoxy groups -OCH3 is 1. The normalized spacial score (nSPS) is 15.9. The molecule has 0 spiro atoms. The molecule has 2 aromatic rings. The standard InChI is InChI=1S/C22H30N2O5S/c1-16-14-20(29-24-16)17-10-11-19(28-2)21(15-17)30(26,27)13-12-22(25)23-18-8-6-4-3-5-7-9-18/h10-11,14-15,18H,3-9,12-13H2,1-2H3,(H,23,25). The summed E-state index contributed by atoms with van der Waals surface area (Å²) in [6.07, 6.45) is 7.71. The molecular formula is C22H30N2O5S. The van der Waals surface area contributed by atoms with Crippen molar-refractivity contribution in [3.05, 3.63) is 30.0 Å². The van der Waals surface area contributed by atoms with Gasteiger partial charge < -0.3 is 14.6 Å². The highest BCUT2D eigenvalue weighted by atomic mass is 32.2. The lowest BCUT2D eigenvalue weighted by atomic mass is 9.97. The van der Waals surface area contributed by atoms with Gasteiger partial charge in [-0.2, -0.15) is 0 Å². The summed E-state index contributed by atoms with van der Waals surface area (Å²) < 4.78 is 36.5. The van der Waals surface area contributed by atoms with Crippen LogP contribution in [0.2, 0.25) is 0 Å². The summed E-state index contributed by atoms with van der Waals surface area (Å²) in [5, 5.41) is 6.87. The zero-order chi connectivity index (χ0) is 21.6. The van der Waals surface area contributed by atoms with Crippen molar-refractivity contribution in [3.8, 4) is 17.1 Å². The van der Waals surface area contributed by atoms with Crippen molar-refractivity contribution in [2.24, 2.45) is 0 Å². The highest BCUT2D eigenvalue weighted by Gasteiger charge is 2.23. The van der Waals surface area contributed by atoms with E-state index in [1.54, 1.807) is 25.1 Å². The number of nitrogens with zero attached hydrogens (tertiary/aromatic N) is 1. The Morgan fingerprint density at radius 2 is 1.87 bits per heavy atom. The van der Waals surface area contributed by atoms with Crippen molar-refractivity contribution < 1.29 is 22.5 Å². The number of rotatable bonds is 7. The van der Waals surface area contributed by atoms with Crippen molar-refractivity contribution in [2.75, 3.05) is 12.9 Å². The molecule has 1 aromatic carbocycles. The number of carbonyl (C=O) groups is 1. The number of ether oxygens (including phenoxy) is 1. The number of amides is 1. The van der Waals surface area contributed by atoms with Crippen molar-refractivity contribution in [1.82, 2.24) is 10.5 Å². The van der Waals surface area contributed by atoms with Crippen LogP contribution in [0, 0.1) is 6.92 Å². The third-order valence-corrected chi connectivity index (χ3v) is 7.21. The van der Waals surface area contributed by atoms with E-state index < -0.39 is 9.84 Å². The molecule has 0 unspecified atom stereocenters. The maximum absolute atomic E-state index is 13.0. The van der Waals surface area contributed by atoms with Gasteiger partial charge in [0.15, 0.2) is 15.6 Å². The Morgan fingerprint density at radius 1 is 1.17 bits per heavy atom. The maximum Gasteiger partial charge on any atom is 0.221 e. The van der Waals surface area contributed by atoms with E-state index >= 15 is 0 Å². The molecule has 1 heterocycles. The van der Waals surface area contributed by atoms with Crippen molar-refractivity contribution >= 4 is 15.7 Å². The third kappa shape index (κ3) is 5.84. The number of nitrogens with one attached hydrogen (secondary N) is 1. The van der Waals surface area contributed by atoms with Gasteiger partial charge >= 0.3 is 0 Å². The van der Waals surface area contributed by atoms with Crippen molar-refractivity contribution in [3.63, 3.8) is 0 Å². The molecule has 164 valence electrons. The lowest BCUT2D eigenvalue weighted by Crippen LogP contribution is -2.36. The highest BCUT2D eigenvalue weighted by Crippen LogP contribution is 2.31. The summed E-state index contributed by atoms with van der Waals surface area (Å²) in [4.78, 5) is 12.5. The predicted molar refractivity (Wildman–Crippen MR) is 114 cm³/mol. The van der Waals surface area contributed by atoms with Crippen LogP contribution in [0.5, 0.6) is 5.75 Å². The SMILES string of the molecule is COc1ccc(-c2cc(C)no2)cc1S(=O)(=O)CCC(=O)NC1CCCCCCC1. The second-order valence-electron chi connectivity index (χ2n) is 7.88. The second-order valence-corrected chi connectivity index (χ2v) is 9.95. The van der Waals surface area contributed by atoms with E-state index in [0.717, 1.165) is 25.7 Å². The lowest BCUT2D eigenvalue weighted by molar-refractivity contribution is -0.121. The molecule has 1 aliphatic rings. The van der Waals surface area contributed by atoms with E-state index in [1.165, 1.54) is 32.4 Å². The number of aromatic nitrogens is 1. The summed E-state index contributed by atoms with van der Waals surface area (Å²) in [5.74, 6) is 0.232. The molecule has 30 heavy (non-hydrogen) atoms. The molecule has 0 bridgehead atoms. The van der Waals surface area contributed by atoms with Gasteiger partial charge in [0.25, 0.3) is 0 Å². The van der Waals surface area contributed by atoms with Gasteiger partial charge in [-0.05, 0) is 38.0 Å². The Bertz CT molecular complexity index is 960. The van der Waals surface area contributed by atoms with Gasteiger partial charge in [0.2, 0.25) is 5.91 Å². The fourth-order valence-corrected chi connectivity index (χ4v) is 5.25. The summed E-state index contributed by atoms with van der Waals surface area (Å²) in [7, 11) is -2.30. The molecule has 1 fully saturated rings. The van der Waals surface area contributed by atoms with E-state index in [-0.39, 0.29) is 34.8 Å².